The molecule has 1 unspecified atom stereocenters. The lowest BCUT2D eigenvalue weighted by atomic mass is 9.97. The molecule has 0 heterocycles. The molecule has 1 nitrogen and oxygen atoms in total. The van der Waals surface area contributed by atoms with Gasteiger partial charge in [-0.2, -0.15) is 0 Å². The minimum Gasteiger partial charge on any atom is -0.378 e. The van der Waals surface area contributed by atoms with Crippen molar-refractivity contribution in [2.24, 2.45) is 0 Å². The van der Waals surface area contributed by atoms with Crippen molar-refractivity contribution in [2.75, 3.05) is 6.61 Å². The number of terminal acetylenes is 2. The minimum atomic E-state index is 0.227. The summed E-state index contributed by atoms with van der Waals surface area (Å²) >= 11 is 0. The molecule has 0 saturated carbocycles. The highest BCUT2D eigenvalue weighted by Gasteiger charge is 2.12. The Hall–Kier alpha value is -1.70. The molecule has 0 radical (unpaired) electrons. The Labute approximate surface area is 117 Å². The maximum atomic E-state index is 5.80. The van der Waals surface area contributed by atoms with Gasteiger partial charge in [-0.25, -0.2) is 0 Å². The van der Waals surface area contributed by atoms with Crippen LogP contribution < -0.4 is 0 Å². The zero-order valence-corrected chi connectivity index (χ0v) is 11.9. The quantitative estimate of drug-likeness (QED) is 0.673. The number of hydrogen-bond donors (Lipinski definition) is 0. The van der Waals surface area contributed by atoms with Crippen molar-refractivity contribution < 1.29 is 4.74 Å². The van der Waals surface area contributed by atoms with Crippen molar-refractivity contribution in [3.8, 4) is 24.7 Å². The molecule has 0 aromatic heterocycles. The molecule has 0 fully saturated rings. The van der Waals surface area contributed by atoms with Crippen LogP contribution in [0.5, 0.6) is 0 Å². The molecule has 1 atom stereocenters. The van der Waals surface area contributed by atoms with E-state index in [1.807, 2.05) is 25.1 Å². The third kappa shape index (κ3) is 4.82. The van der Waals surface area contributed by atoms with Crippen LogP contribution in [0.1, 0.15) is 49.8 Å². The minimum absolute atomic E-state index is 0.227. The molecule has 1 aromatic carbocycles. The van der Waals surface area contributed by atoms with E-state index >= 15 is 0 Å². The second-order valence-corrected chi connectivity index (χ2v) is 4.58. The van der Waals surface area contributed by atoms with Crippen LogP contribution in [-0.4, -0.2) is 12.7 Å². The lowest BCUT2D eigenvalue weighted by molar-refractivity contribution is 0.0555. The second-order valence-electron chi connectivity index (χ2n) is 4.58. The monoisotopic (exact) mass is 254 g/mol. The number of rotatable bonds is 7. The SMILES string of the molecule is C#Cc1ccc(C#C)c(CC(CCCC)OCC)c1. The number of ether oxygens (including phenoxy) is 1. The maximum Gasteiger partial charge on any atom is 0.0615 e. The van der Waals surface area contributed by atoms with Gasteiger partial charge in [0, 0.05) is 17.7 Å². The highest BCUT2D eigenvalue weighted by Crippen LogP contribution is 2.17. The highest BCUT2D eigenvalue weighted by molar-refractivity contribution is 5.46. The van der Waals surface area contributed by atoms with Gasteiger partial charge in [0.15, 0.2) is 0 Å². The first-order valence-electron chi connectivity index (χ1n) is 6.92. The third-order valence-electron chi connectivity index (χ3n) is 3.16. The maximum absolute atomic E-state index is 5.80. The molecule has 0 amide bonds. The fraction of sp³-hybridized carbons (Fsp3) is 0.444. The second kappa shape index (κ2) is 8.41. The summed E-state index contributed by atoms with van der Waals surface area (Å²) in [6, 6.07) is 5.82. The molecular weight excluding hydrogens is 232 g/mol. The Morgan fingerprint density at radius 2 is 2.00 bits per heavy atom. The van der Waals surface area contributed by atoms with E-state index in [1.54, 1.807) is 0 Å². The molecule has 1 aromatic rings. The number of unbranched alkanes of at least 4 members (excludes halogenated alkanes) is 1. The number of benzene rings is 1. The van der Waals surface area contributed by atoms with Crippen LogP contribution in [0.2, 0.25) is 0 Å². The van der Waals surface area contributed by atoms with E-state index in [0.29, 0.717) is 0 Å². The molecule has 0 aliphatic carbocycles. The summed E-state index contributed by atoms with van der Waals surface area (Å²) in [5, 5.41) is 0. The van der Waals surface area contributed by atoms with Gasteiger partial charge in [0.25, 0.3) is 0 Å². The topological polar surface area (TPSA) is 9.23 Å². The first-order chi connectivity index (χ1) is 9.24. The summed E-state index contributed by atoms with van der Waals surface area (Å²) in [5.41, 5.74) is 2.91. The average molecular weight is 254 g/mol. The lowest BCUT2D eigenvalue weighted by Gasteiger charge is -2.18. The Bertz CT molecular complexity index is 473. The van der Waals surface area contributed by atoms with Crippen LogP contribution in [0.3, 0.4) is 0 Å². The van der Waals surface area contributed by atoms with E-state index < -0.39 is 0 Å². The van der Waals surface area contributed by atoms with Gasteiger partial charge >= 0.3 is 0 Å². The molecule has 0 saturated heterocycles. The molecule has 1 heteroatoms. The van der Waals surface area contributed by atoms with E-state index in [9.17, 15) is 0 Å². The molecule has 0 aliphatic rings. The molecule has 0 bridgehead atoms. The van der Waals surface area contributed by atoms with E-state index in [1.165, 1.54) is 12.8 Å². The Morgan fingerprint density at radius 3 is 2.58 bits per heavy atom. The van der Waals surface area contributed by atoms with Crippen molar-refractivity contribution in [1.82, 2.24) is 0 Å². The van der Waals surface area contributed by atoms with Gasteiger partial charge in [-0.3, -0.25) is 0 Å². The zero-order valence-electron chi connectivity index (χ0n) is 11.9. The van der Waals surface area contributed by atoms with Crippen LogP contribution in [-0.2, 0) is 11.2 Å². The summed E-state index contributed by atoms with van der Waals surface area (Å²) in [6.45, 7) is 4.95. The Balaban J connectivity index is 2.88. The van der Waals surface area contributed by atoms with Gasteiger partial charge < -0.3 is 4.74 Å². The Kier molecular flexibility index (Phi) is 6.80. The molecule has 100 valence electrons. The van der Waals surface area contributed by atoms with Gasteiger partial charge in [-0.05, 0) is 43.5 Å². The van der Waals surface area contributed by atoms with E-state index in [4.69, 9.17) is 17.6 Å². The average Bonchev–Trinajstić information content (AvgIpc) is 2.44. The third-order valence-corrected chi connectivity index (χ3v) is 3.16. The zero-order chi connectivity index (χ0) is 14.1. The normalized spacial score (nSPS) is 11.6. The fourth-order valence-corrected chi connectivity index (χ4v) is 2.15. The molecule has 0 aliphatic heterocycles. The molecule has 0 N–H and O–H groups in total. The number of hydrogen-bond acceptors (Lipinski definition) is 1. The van der Waals surface area contributed by atoms with Crippen molar-refractivity contribution in [2.45, 2.75) is 45.6 Å². The van der Waals surface area contributed by atoms with Crippen molar-refractivity contribution in [1.29, 1.82) is 0 Å². The first-order valence-corrected chi connectivity index (χ1v) is 6.92. The van der Waals surface area contributed by atoms with Crippen molar-refractivity contribution in [3.05, 3.63) is 34.9 Å². The van der Waals surface area contributed by atoms with Crippen LogP contribution >= 0.6 is 0 Å². The standard InChI is InChI=1S/C18H22O/c1-5-9-10-18(19-8-4)14-17-13-15(6-2)11-12-16(17)7-3/h2-3,11-13,18H,5,8-10,14H2,1,4H3. The molecule has 1 rings (SSSR count). The van der Waals surface area contributed by atoms with Gasteiger partial charge in [-0.15, -0.1) is 12.8 Å². The fourth-order valence-electron chi connectivity index (χ4n) is 2.15. The van der Waals surface area contributed by atoms with Gasteiger partial charge in [-0.1, -0.05) is 31.6 Å². The van der Waals surface area contributed by atoms with E-state index in [2.05, 4.69) is 18.8 Å². The Morgan fingerprint density at radius 1 is 1.21 bits per heavy atom. The largest absolute Gasteiger partial charge is 0.378 e. The van der Waals surface area contributed by atoms with Crippen LogP contribution in [0.4, 0.5) is 0 Å². The summed E-state index contributed by atoms with van der Waals surface area (Å²) in [6.07, 6.45) is 15.5. The van der Waals surface area contributed by atoms with Crippen LogP contribution in [0.25, 0.3) is 0 Å². The summed E-state index contributed by atoms with van der Waals surface area (Å²) in [5.74, 6) is 5.38. The summed E-state index contributed by atoms with van der Waals surface area (Å²) < 4.78 is 5.80. The molecule has 19 heavy (non-hydrogen) atoms. The van der Waals surface area contributed by atoms with E-state index in [-0.39, 0.29) is 6.10 Å². The van der Waals surface area contributed by atoms with Crippen LogP contribution in [0.15, 0.2) is 18.2 Å². The predicted molar refractivity (Wildman–Crippen MR) is 81.0 cm³/mol. The van der Waals surface area contributed by atoms with Crippen LogP contribution in [0, 0.1) is 24.7 Å². The van der Waals surface area contributed by atoms with Crippen molar-refractivity contribution >= 4 is 0 Å². The van der Waals surface area contributed by atoms with Gasteiger partial charge in [0.05, 0.1) is 6.10 Å². The molecular formula is C18H22O. The first kappa shape index (κ1) is 15.4. The highest BCUT2D eigenvalue weighted by atomic mass is 16.5. The molecule has 0 spiro atoms. The smallest absolute Gasteiger partial charge is 0.0615 e. The predicted octanol–water partition coefficient (Wildman–Crippen LogP) is 3.79. The summed E-state index contributed by atoms with van der Waals surface area (Å²) in [7, 11) is 0. The van der Waals surface area contributed by atoms with Gasteiger partial charge in [0.1, 0.15) is 0 Å². The van der Waals surface area contributed by atoms with Gasteiger partial charge in [0.2, 0.25) is 0 Å². The lowest BCUT2D eigenvalue weighted by Crippen LogP contribution is -2.17. The van der Waals surface area contributed by atoms with E-state index in [0.717, 1.165) is 36.1 Å². The summed E-state index contributed by atoms with van der Waals surface area (Å²) in [4.78, 5) is 0. The van der Waals surface area contributed by atoms with Crippen molar-refractivity contribution in [3.63, 3.8) is 0 Å².